The van der Waals surface area contributed by atoms with Gasteiger partial charge in [-0.05, 0) is 6.42 Å². The largest absolute Gasteiger partial charge is 0.294 e. The molecule has 0 spiro atoms. The first-order chi connectivity index (χ1) is 6.45. The predicted molar refractivity (Wildman–Crippen MR) is 48.8 cm³/mol. The van der Waals surface area contributed by atoms with E-state index in [0.29, 0.717) is 6.42 Å². The average molecular weight is 220 g/mol. The number of piperazine rings is 1. The zero-order valence-corrected chi connectivity index (χ0v) is 8.63. The van der Waals surface area contributed by atoms with Crippen molar-refractivity contribution in [2.45, 2.75) is 13.3 Å². The number of carbonyl (C=O) groups excluding carboxylic acids is 2. The standard InChI is InChI=1S/C7H12N2O4S/c1-2-3-14(12,13)9-4-6(10)8-7(11)5-9/h2-5H2,1H3,(H,8,10,11). The van der Waals surface area contributed by atoms with Crippen LogP contribution >= 0.6 is 0 Å². The first-order valence-electron chi connectivity index (χ1n) is 4.26. The van der Waals surface area contributed by atoms with Crippen LogP contribution in [0.4, 0.5) is 0 Å². The van der Waals surface area contributed by atoms with Gasteiger partial charge in [-0.15, -0.1) is 0 Å². The molecule has 1 heterocycles. The third kappa shape index (κ3) is 2.52. The van der Waals surface area contributed by atoms with Crippen molar-refractivity contribution in [2.75, 3.05) is 18.8 Å². The molecule has 14 heavy (non-hydrogen) atoms. The molecule has 0 aromatic heterocycles. The van der Waals surface area contributed by atoms with Gasteiger partial charge >= 0.3 is 0 Å². The molecule has 0 bridgehead atoms. The van der Waals surface area contributed by atoms with Crippen molar-refractivity contribution < 1.29 is 18.0 Å². The highest BCUT2D eigenvalue weighted by Gasteiger charge is 2.30. The van der Waals surface area contributed by atoms with Gasteiger partial charge < -0.3 is 0 Å². The van der Waals surface area contributed by atoms with E-state index >= 15 is 0 Å². The highest BCUT2D eigenvalue weighted by Crippen LogP contribution is 2.05. The summed E-state index contributed by atoms with van der Waals surface area (Å²) < 4.78 is 23.9. The highest BCUT2D eigenvalue weighted by molar-refractivity contribution is 7.89. The molecule has 0 radical (unpaired) electrons. The monoisotopic (exact) mass is 220 g/mol. The number of hydrogen-bond donors (Lipinski definition) is 1. The number of amides is 2. The zero-order valence-electron chi connectivity index (χ0n) is 7.82. The Morgan fingerprint density at radius 2 is 1.79 bits per heavy atom. The van der Waals surface area contributed by atoms with Crippen LogP contribution < -0.4 is 5.32 Å². The normalized spacial score (nSPS) is 19.5. The van der Waals surface area contributed by atoms with Crippen molar-refractivity contribution >= 4 is 21.8 Å². The van der Waals surface area contributed by atoms with Crippen LogP contribution in [-0.2, 0) is 19.6 Å². The lowest BCUT2D eigenvalue weighted by molar-refractivity contribution is -0.134. The van der Waals surface area contributed by atoms with Gasteiger partial charge in [0.05, 0.1) is 18.8 Å². The Bertz CT molecular complexity index is 333. The number of rotatable bonds is 3. The van der Waals surface area contributed by atoms with Crippen LogP contribution in [0.25, 0.3) is 0 Å². The van der Waals surface area contributed by atoms with Crippen LogP contribution in [0.1, 0.15) is 13.3 Å². The quantitative estimate of drug-likeness (QED) is 0.598. The molecule has 2 amide bonds. The van der Waals surface area contributed by atoms with E-state index in [-0.39, 0.29) is 18.8 Å². The fraction of sp³-hybridized carbons (Fsp3) is 0.714. The second kappa shape index (κ2) is 4.05. The Balaban J connectivity index is 2.78. The number of carbonyl (C=O) groups is 2. The Labute approximate surface area is 82.3 Å². The van der Waals surface area contributed by atoms with Crippen LogP contribution in [0.15, 0.2) is 0 Å². The summed E-state index contributed by atoms with van der Waals surface area (Å²) in [5, 5.41) is 2.04. The summed E-state index contributed by atoms with van der Waals surface area (Å²) >= 11 is 0. The van der Waals surface area contributed by atoms with Gasteiger partial charge in [0, 0.05) is 0 Å². The minimum atomic E-state index is -3.45. The van der Waals surface area contributed by atoms with E-state index < -0.39 is 21.8 Å². The maximum Gasteiger partial charge on any atom is 0.241 e. The second-order valence-corrected chi connectivity index (χ2v) is 5.14. The average Bonchev–Trinajstić information content (AvgIpc) is 2.02. The van der Waals surface area contributed by atoms with E-state index in [1.54, 1.807) is 6.92 Å². The first-order valence-corrected chi connectivity index (χ1v) is 5.87. The number of imide groups is 1. The van der Waals surface area contributed by atoms with Crippen LogP contribution in [0, 0.1) is 0 Å². The highest BCUT2D eigenvalue weighted by atomic mass is 32.2. The Morgan fingerprint density at radius 3 is 2.21 bits per heavy atom. The lowest BCUT2D eigenvalue weighted by atomic mass is 10.4. The molecule has 1 aliphatic heterocycles. The molecule has 1 fully saturated rings. The molecule has 80 valence electrons. The van der Waals surface area contributed by atoms with E-state index in [9.17, 15) is 18.0 Å². The van der Waals surface area contributed by atoms with Crippen LogP contribution in [-0.4, -0.2) is 43.4 Å². The lowest BCUT2D eigenvalue weighted by Gasteiger charge is -2.24. The summed E-state index contributed by atoms with van der Waals surface area (Å²) in [4.78, 5) is 21.8. The minimum absolute atomic E-state index is 0.0342. The van der Waals surface area contributed by atoms with Crippen molar-refractivity contribution in [1.82, 2.24) is 9.62 Å². The number of hydrogen-bond acceptors (Lipinski definition) is 4. The van der Waals surface area contributed by atoms with Gasteiger partial charge in [0.2, 0.25) is 21.8 Å². The third-order valence-corrected chi connectivity index (χ3v) is 3.74. The van der Waals surface area contributed by atoms with E-state index in [0.717, 1.165) is 4.31 Å². The molecule has 0 aromatic carbocycles. The molecule has 0 unspecified atom stereocenters. The molecule has 0 aromatic rings. The van der Waals surface area contributed by atoms with Gasteiger partial charge in [-0.2, -0.15) is 4.31 Å². The maximum absolute atomic E-state index is 11.5. The first kappa shape index (κ1) is 11.1. The van der Waals surface area contributed by atoms with E-state index in [2.05, 4.69) is 0 Å². The Hall–Kier alpha value is -0.950. The maximum atomic E-state index is 11.5. The van der Waals surface area contributed by atoms with Crippen molar-refractivity contribution in [3.05, 3.63) is 0 Å². The van der Waals surface area contributed by atoms with Gasteiger partial charge in [0.15, 0.2) is 0 Å². The van der Waals surface area contributed by atoms with Crippen LogP contribution in [0.2, 0.25) is 0 Å². The Kier molecular flexibility index (Phi) is 3.22. The third-order valence-electron chi connectivity index (χ3n) is 1.77. The summed E-state index contributed by atoms with van der Waals surface area (Å²) in [6.45, 7) is 1.21. The van der Waals surface area contributed by atoms with Crippen molar-refractivity contribution in [3.8, 4) is 0 Å². The summed E-state index contributed by atoms with van der Waals surface area (Å²) in [5.74, 6) is -1.17. The van der Waals surface area contributed by atoms with Crippen molar-refractivity contribution in [3.63, 3.8) is 0 Å². The van der Waals surface area contributed by atoms with Crippen molar-refractivity contribution in [2.24, 2.45) is 0 Å². The van der Waals surface area contributed by atoms with Gasteiger partial charge in [-0.1, -0.05) is 6.92 Å². The molecule has 1 aliphatic rings. The molecule has 1 N–H and O–H groups in total. The molecule has 7 heteroatoms. The fourth-order valence-corrected chi connectivity index (χ4v) is 2.60. The zero-order chi connectivity index (χ0) is 10.8. The second-order valence-electron chi connectivity index (χ2n) is 3.06. The van der Waals surface area contributed by atoms with Gasteiger partial charge in [0.25, 0.3) is 0 Å². The smallest absolute Gasteiger partial charge is 0.241 e. The summed E-state index contributed by atoms with van der Waals surface area (Å²) in [6, 6.07) is 0. The van der Waals surface area contributed by atoms with Crippen LogP contribution in [0.3, 0.4) is 0 Å². The topological polar surface area (TPSA) is 83.6 Å². The molecular weight excluding hydrogens is 208 g/mol. The molecule has 6 nitrogen and oxygen atoms in total. The molecule has 1 rings (SSSR count). The lowest BCUT2D eigenvalue weighted by Crippen LogP contribution is -2.53. The van der Waals surface area contributed by atoms with E-state index in [1.807, 2.05) is 5.32 Å². The molecule has 0 atom stereocenters. The number of sulfonamides is 1. The van der Waals surface area contributed by atoms with E-state index in [1.165, 1.54) is 0 Å². The molecule has 0 aliphatic carbocycles. The van der Waals surface area contributed by atoms with E-state index in [4.69, 9.17) is 0 Å². The molecule has 1 saturated heterocycles. The van der Waals surface area contributed by atoms with Gasteiger partial charge in [-0.25, -0.2) is 8.42 Å². The van der Waals surface area contributed by atoms with Gasteiger partial charge in [-0.3, -0.25) is 14.9 Å². The molecule has 0 saturated carbocycles. The summed E-state index contributed by atoms with van der Waals surface area (Å²) in [7, 11) is -3.45. The number of nitrogens with one attached hydrogen (secondary N) is 1. The Morgan fingerprint density at radius 1 is 1.29 bits per heavy atom. The van der Waals surface area contributed by atoms with Gasteiger partial charge in [0.1, 0.15) is 0 Å². The summed E-state index contributed by atoms with van der Waals surface area (Å²) in [6.07, 6.45) is 0.467. The number of nitrogens with zero attached hydrogens (tertiary/aromatic N) is 1. The SMILES string of the molecule is CCCS(=O)(=O)N1CC(=O)NC(=O)C1. The minimum Gasteiger partial charge on any atom is -0.294 e. The molecular formula is C7H12N2O4S. The summed E-state index contributed by atoms with van der Waals surface area (Å²) in [5.41, 5.74) is 0. The fourth-order valence-electron chi connectivity index (χ4n) is 1.19. The van der Waals surface area contributed by atoms with Crippen molar-refractivity contribution in [1.29, 1.82) is 0 Å². The van der Waals surface area contributed by atoms with Crippen LogP contribution in [0.5, 0.6) is 0 Å². The predicted octanol–water partition coefficient (Wildman–Crippen LogP) is -1.32.